The van der Waals surface area contributed by atoms with Crippen LogP contribution in [0.4, 0.5) is 17.6 Å². The van der Waals surface area contributed by atoms with Crippen LogP contribution in [0.3, 0.4) is 0 Å². The molecule has 0 aliphatic rings. The first-order valence-electron chi connectivity index (χ1n) is 7.27. The van der Waals surface area contributed by atoms with Gasteiger partial charge in [0.25, 0.3) is 0 Å². The molecule has 0 saturated heterocycles. The predicted molar refractivity (Wildman–Crippen MR) is 80.8 cm³/mol. The molecule has 7 heteroatoms. The Morgan fingerprint density at radius 1 is 1.04 bits per heavy atom. The van der Waals surface area contributed by atoms with Gasteiger partial charge >= 0.3 is 6.61 Å². The van der Waals surface area contributed by atoms with Crippen LogP contribution in [0.5, 0.6) is 5.75 Å². The number of nitrogens with one attached hydrogen (secondary N) is 1. The van der Waals surface area contributed by atoms with Crippen molar-refractivity contribution in [1.29, 1.82) is 0 Å². The Morgan fingerprint density at radius 2 is 1.71 bits per heavy atom. The number of halogens is 4. The first kappa shape index (κ1) is 18.2. The molecule has 2 aromatic rings. The van der Waals surface area contributed by atoms with Crippen LogP contribution in [0.25, 0.3) is 0 Å². The average molecular weight is 343 g/mol. The van der Waals surface area contributed by atoms with E-state index in [9.17, 15) is 22.7 Å². The van der Waals surface area contributed by atoms with Crippen LogP contribution in [0.2, 0.25) is 0 Å². The van der Waals surface area contributed by atoms with Gasteiger partial charge < -0.3 is 15.2 Å². The number of aliphatic hydroxyl groups excluding tert-OH is 1. The van der Waals surface area contributed by atoms with Gasteiger partial charge in [0.2, 0.25) is 0 Å². The average Bonchev–Trinajstić information content (AvgIpc) is 2.51. The van der Waals surface area contributed by atoms with Crippen LogP contribution in [0, 0.1) is 11.6 Å². The summed E-state index contributed by atoms with van der Waals surface area (Å²) in [6.45, 7) is -1.19. The van der Waals surface area contributed by atoms with Crippen molar-refractivity contribution in [2.75, 3.05) is 6.54 Å². The number of rotatable bonds is 7. The summed E-state index contributed by atoms with van der Waals surface area (Å²) in [5, 5.41) is 13.1. The van der Waals surface area contributed by atoms with Crippen molar-refractivity contribution in [2.45, 2.75) is 25.7 Å². The molecule has 130 valence electrons. The van der Waals surface area contributed by atoms with Crippen LogP contribution < -0.4 is 10.1 Å². The van der Waals surface area contributed by atoms with Gasteiger partial charge in [0.05, 0.1) is 6.10 Å². The fourth-order valence-electron chi connectivity index (χ4n) is 2.25. The number of alkyl halides is 2. The first-order valence-corrected chi connectivity index (χ1v) is 7.27. The maximum atomic E-state index is 13.2. The van der Waals surface area contributed by atoms with E-state index in [2.05, 4.69) is 10.1 Å². The van der Waals surface area contributed by atoms with E-state index in [0.717, 1.165) is 6.07 Å². The molecule has 0 saturated carbocycles. The predicted octanol–water partition coefficient (Wildman–Crippen LogP) is 3.95. The Bertz CT molecular complexity index is 661. The number of hydrogen-bond donors (Lipinski definition) is 2. The van der Waals surface area contributed by atoms with E-state index in [0.29, 0.717) is 11.1 Å². The van der Waals surface area contributed by atoms with Gasteiger partial charge in [0.1, 0.15) is 17.4 Å². The van der Waals surface area contributed by atoms with E-state index in [1.165, 1.54) is 30.3 Å². The second-order valence-electron chi connectivity index (χ2n) is 5.30. The zero-order valence-corrected chi connectivity index (χ0v) is 12.8. The molecule has 2 atom stereocenters. The fourth-order valence-corrected chi connectivity index (χ4v) is 2.25. The van der Waals surface area contributed by atoms with Gasteiger partial charge in [-0.25, -0.2) is 8.78 Å². The van der Waals surface area contributed by atoms with Crippen molar-refractivity contribution in [2.24, 2.45) is 0 Å². The van der Waals surface area contributed by atoms with Crippen molar-refractivity contribution >= 4 is 0 Å². The molecule has 24 heavy (non-hydrogen) atoms. The zero-order chi connectivity index (χ0) is 17.7. The standard InChI is InChI=1S/C17H17F4NO2/c1-10(12-5-13(18)8-14(19)6-12)22-9-16(23)11-3-2-4-15(7-11)24-17(20)21/h2-8,10,16-17,22-23H,9H2,1H3. The minimum absolute atomic E-state index is 0.0539. The van der Waals surface area contributed by atoms with E-state index in [-0.39, 0.29) is 12.3 Å². The Kier molecular flexibility index (Phi) is 6.16. The highest BCUT2D eigenvalue weighted by Gasteiger charge is 2.13. The molecule has 3 nitrogen and oxygen atoms in total. The summed E-state index contributed by atoms with van der Waals surface area (Å²) in [6.07, 6.45) is -0.993. The lowest BCUT2D eigenvalue weighted by atomic mass is 10.1. The van der Waals surface area contributed by atoms with Gasteiger partial charge in [0.15, 0.2) is 0 Å². The minimum Gasteiger partial charge on any atom is -0.435 e. The van der Waals surface area contributed by atoms with Crippen LogP contribution in [-0.2, 0) is 0 Å². The van der Waals surface area contributed by atoms with Crippen molar-refractivity contribution in [1.82, 2.24) is 5.32 Å². The third kappa shape index (κ3) is 5.21. The Hall–Kier alpha value is -2.12. The summed E-state index contributed by atoms with van der Waals surface area (Å²) in [6, 6.07) is 8.48. The third-order valence-electron chi connectivity index (χ3n) is 3.47. The summed E-state index contributed by atoms with van der Waals surface area (Å²) in [5.74, 6) is -1.42. The lowest BCUT2D eigenvalue weighted by Gasteiger charge is -2.18. The second kappa shape index (κ2) is 8.12. The van der Waals surface area contributed by atoms with Crippen molar-refractivity contribution in [3.05, 3.63) is 65.2 Å². The van der Waals surface area contributed by atoms with E-state index >= 15 is 0 Å². The molecule has 0 aliphatic carbocycles. The molecular weight excluding hydrogens is 326 g/mol. The molecule has 0 heterocycles. The van der Waals surface area contributed by atoms with Gasteiger partial charge in [-0.1, -0.05) is 12.1 Å². The van der Waals surface area contributed by atoms with Crippen LogP contribution in [-0.4, -0.2) is 18.3 Å². The summed E-state index contributed by atoms with van der Waals surface area (Å²) < 4.78 is 55.1. The number of ether oxygens (including phenoxy) is 1. The van der Waals surface area contributed by atoms with E-state index in [1.54, 1.807) is 13.0 Å². The summed E-state index contributed by atoms with van der Waals surface area (Å²) in [7, 11) is 0. The van der Waals surface area contributed by atoms with E-state index in [1.807, 2.05) is 0 Å². The SMILES string of the molecule is CC(NCC(O)c1cccc(OC(F)F)c1)c1cc(F)cc(F)c1. The normalized spacial score (nSPS) is 13.8. The second-order valence-corrected chi connectivity index (χ2v) is 5.30. The maximum absolute atomic E-state index is 13.2. The quantitative estimate of drug-likeness (QED) is 0.748. The van der Waals surface area contributed by atoms with Crippen LogP contribution >= 0.6 is 0 Å². The summed E-state index contributed by atoms with van der Waals surface area (Å²) in [4.78, 5) is 0. The van der Waals surface area contributed by atoms with E-state index < -0.39 is 30.4 Å². The third-order valence-corrected chi connectivity index (χ3v) is 3.47. The van der Waals surface area contributed by atoms with E-state index in [4.69, 9.17) is 0 Å². The summed E-state index contributed by atoms with van der Waals surface area (Å²) >= 11 is 0. The lowest BCUT2D eigenvalue weighted by molar-refractivity contribution is -0.0499. The molecular formula is C17H17F4NO2. The zero-order valence-electron chi connectivity index (χ0n) is 12.8. The number of hydrogen-bond acceptors (Lipinski definition) is 3. The Labute approximate surface area is 136 Å². The van der Waals surface area contributed by atoms with Crippen LogP contribution in [0.15, 0.2) is 42.5 Å². The molecule has 2 rings (SSSR count). The molecule has 2 unspecified atom stereocenters. The lowest BCUT2D eigenvalue weighted by Crippen LogP contribution is -2.25. The van der Waals surface area contributed by atoms with Crippen molar-refractivity contribution in [3.63, 3.8) is 0 Å². The summed E-state index contributed by atoms with van der Waals surface area (Å²) in [5.41, 5.74) is 0.785. The Morgan fingerprint density at radius 3 is 2.33 bits per heavy atom. The van der Waals surface area contributed by atoms with Gasteiger partial charge in [-0.3, -0.25) is 0 Å². The first-order chi connectivity index (χ1) is 11.3. The highest BCUT2D eigenvalue weighted by atomic mass is 19.3. The highest BCUT2D eigenvalue weighted by molar-refractivity contribution is 5.30. The van der Waals surface area contributed by atoms with Gasteiger partial charge in [-0.05, 0) is 42.3 Å². The molecule has 0 aliphatic heterocycles. The van der Waals surface area contributed by atoms with Crippen molar-refractivity contribution in [3.8, 4) is 5.75 Å². The Balaban J connectivity index is 1.98. The smallest absolute Gasteiger partial charge is 0.387 e. The highest BCUT2D eigenvalue weighted by Crippen LogP contribution is 2.22. The molecule has 0 amide bonds. The molecule has 0 aromatic heterocycles. The molecule has 2 aromatic carbocycles. The van der Waals surface area contributed by atoms with Gasteiger partial charge in [0, 0.05) is 18.7 Å². The molecule has 0 fully saturated rings. The number of benzene rings is 2. The number of aliphatic hydroxyl groups is 1. The molecule has 0 spiro atoms. The fraction of sp³-hybridized carbons (Fsp3) is 0.294. The molecule has 0 bridgehead atoms. The largest absolute Gasteiger partial charge is 0.435 e. The molecule has 0 radical (unpaired) electrons. The molecule has 2 N–H and O–H groups in total. The minimum atomic E-state index is -2.95. The monoisotopic (exact) mass is 343 g/mol. The maximum Gasteiger partial charge on any atom is 0.387 e. The van der Waals surface area contributed by atoms with Gasteiger partial charge in [-0.15, -0.1) is 0 Å². The van der Waals surface area contributed by atoms with Crippen molar-refractivity contribution < 1.29 is 27.4 Å². The van der Waals surface area contributed by atoms with Gasteiger partial charge in [-0.2, -0.15) is 8.78 Å². The topological polar surface area (TPSA) is 41.5 Å². The van der Waals surface area contributed by atoms with Crippen LogP contribution in [0.1, 0.15) is 30.2 Å².